The molecule has 31 heavy (non-hydrogen) atoms. The molecule has 5 nitrogen and oxygen atoms in total. The number of nitrogens with two attached hydrogens (primary N) is 1. The van der Waals surface area contributed by atoms with Crippen LogP contribution in [0.4, 0.5) is 0 Å². The number of methoxy groups -OCH3 is 1. The zero-order valence-corrected chi connectivity index (χ0v) is 18.6. The van der Waals surface area contributed by atoms with E-state index in [0.29, 0.717) is 25.9 Å². The van der Waals surface area contributed by atoms with Crippen molar-refractivity contribution in [1.29, 1.82) is 0 Å². The molecule has 2 heterocycles. The fraction of sp³-hybridized carbons (Fsp3) is 0.280. The quantitative estimate of drug-likeness (QED) is 0.647. The molecule has 1 aliphatic rings. The number of hydrogen-bond acceptors (Lipinski definition) is 4. The molecule has 1 fully saturated rings. The number of ether oxygens (including phenoxy) is 1. The van der Waals surface area contributed by atoms with Gasteiger partial charge >= 0.3 is 0 Å². The first kappa shape index (κ1) is 21.1. The first-order valence-electron chi connectivity index (χ1n) is 10.3. The van der Waals surface area contributed by atoms with E-state index in [1.807, 2.05) is 72.5 Å². The molecule has 160 valence electrons. The summed E-state index contributed by atoms with van der Waals surface area (Å²) in [5, 5.41) is 0. The van der Waals surface area contributed by atoms with Crippen molar-refractivity contribution >= 4 is 23.2 Å². The molecular weight excluding hydrogens is 408 g/mol. The first-order chi connectivity index (χ1) is 14.9. The van der Waals surface area contributed by atoms with Crippen LogP contribution in [0.3, 0.4) is 0 Å². The average Bonchev–Trinajstić information content (AvgIpc) is 3.20. The number of aryl methyl sites for hydroxylation is 1. The third-order valence-corrected chi connectivity index (χ3v) is 7.27. The number of thiophene rings is 1. The van der Waals surface area contributed by atoms with Crippen LogP contribution in [-0.2, 0) is 10.2 Å². The second-order valence-corrected chi connectivity index (χ2v) is 9.17. The summed E-state index contributed by atoms with van der Waals surface area (Å²) in [7, 11) is 1.64. The largest absolute Gasteiger partial charge is 0.497 e. The van der Waals surface area contributed by atoms with Crippen LogP contribution in [0.2, 0.25) is 0 Å². The Bertz CT molecular complexity index is 1080. The predicted octanol–water partition coefficient (Wildman–Crippen LogP) is 4.39. The van der Waals surface area contributed by atoms with Gasteiger partial charge in [0.2, 0.25) is 5.91 Å². The Hall–Kier alpha value is -3.12. The number of amides is 2. The fourth-order valence-electron chi connectivity index (χ4n) is 4.33. The van der Waals surface area contributed by atoms with Gasteiger partial charge < -0.3 is 15.4 Å². The van der Waals surface area contributed by atoms with Gasteiger partial charge in [0.1, 0.15) is 5.75 Å². The van der Waals surface area contributed by atoms with E-state index < -0.39 is 5.41 Å². The van der Waals surface area contributed by atoms with Crippen molar-refractivity contribution in [3.05, 3.63) is 76.0 Å². The summed E-state index contributed by atoms with van der Waals surface area (Å²) in [6.45, 7) is 3.04. The summed E-state index contributed by atoms with van der Waals surface area (Å²) in [5.74, 6) is 0.496. The fourth-order valence-corrected chi connectivity index (χ4v) is 5.34. The second-order valence-electron chi connectivity index (χ2n) is 7.91. The summed E-state index contributed by atoms with van der Waals surface area (Å²) < 4.78 is 5.23. The molecule has 4 rings (SSSR count). The second kappa shape index (κ2) is 8.55. The number of likely N-dealkylation sites (tertiary alicyclic amines) is 1. The third-order valence-electron chi connectivity index (χ3n) is 6.23. The molecule has 1 aliphatic heterocycles. The molecule has 0 aliphatic carbocycles. The van der Waals surface area contributed by atoms with Crippen molar-refractivity contribution in [1.82, 2.24) is 4.90 Å². The standard InChI is InChI=1S/C25H26N2O3S/c1-17-21(18-8-10-20(30-2)11-9-18)16-22(31-17)23(28)27-14-12-25(13-15-27,24(26)29)19-6-4-3-5-7-19/h3-11,16H,12-15H2,1-2H3,(H2,26,29). The van der Waals surface area contributed by atoms with E-state index in [-0.39, 0.29) is 11.8 Å². The van der Waals surface area contributed by atoms with Crippen molar-refractivity contribution in [3.8, 4) is 16.9 Å². The lowest BCUT2D eigenvalue weighted by Gasteiger charge is -2.40. The molecule has 0 radical (unpaired) electrons. The molecule has 1 aromatic heterocycles. The highest BCUT2D eigenvalue weighted by Crippen LogP contribution is 2.37. The van der Waals surface area contributed by atoms with E-state index in [4.69, 9.17) is 10.5 Å². The van der Waals surface area contributed by atoms with E-state index in [1.165, 1.54) is 11.3 Å². The normalized spacial score (nSPS) is 15.5. The van der Waals surface area contributed by atoms with Gasteiger partial charge in [-0.3, -0.25) is 9.59 Å². The molecule has 2 aromatic carbocycles. The van der Waals surface area contributed by atoms with Gasteiger partial charge in [0.25, 0.3) is 5.91 Å². The number of benzene rings is 2. The minimum Gasteiger partial charge on any atom is -0.497 e. The van der Waals surface area contributed by atoms with Crippen molar-refractivity contribution in [2.75, 3.05) is 20.2 Å². The number of primary amides is 1. The molecule has 0 spiro atoms. The van der Waals surface area contributed by atoms with Crippen LogP contribution in [0.1, 0.15) is 33.0 Å². The molecule has 0 unspecified atom stereocenters. The van der Waals surface area contributed by atoms with Crippen molar-refractivity contribution in [3.63, 3.8) is 0 Å². The van der Waals surface area contributed by atoms with E-state index >= 15 is 0 Å². The third kappa shape index (κ3) is 3.95. The van der Waals surface area contributed by atoms with E-state index in [2.05, 4.69) is 0 Å². The molecule has 2 amide bonds. The van der Waals surface area contributed by atoms with E-state index in [1.54, 1.807) is 7.11 Å². The Balaban J connectivity index is 1.52. The zero-order chi connectivity index (χ0) is 22.0. The van der Waals surface area contributed by atoms with Crippen LogP contribution in [-0.4, -0.2) is 36.9 Å². The molecule has 0 atom stereocenters. The van der Waals surface area contributed by atoms with E-state index in [0.717, 1.165) is 32.2 Å². The summed E-state index contributed by atoms with van der Waals surface area (Å²) in [5.41, 5.74) is 8.17. The van der Waals surface area contributed by atoms with Crippen LogP contribution in [0, 0.1) is 6.92 Å². The average molecular weight is 435 g/mol. The number of rotatable bonds is 5. The van der Waals surface area contributed by atoms with Crippen LogP contribution in [0.5, 0.6) is 5.75 Å². The number of carbonyl (C=O) groups excluding carboxylic acids is 2. The number of piperidine rings is 1. The topological polar surface area (TPSA) is 72.6 Å². The van der Waals surface area contributed by atoms with Gasteiger partial charge in [-0.05, 0) is 54.7 Å². The SMILES string of the molecule is COc1ccc(-c2cc(C(=O)N3CCC(C(N)=O)(c4ccccc4)CC3)sc2C)cc1. The Kier molecular flexibility index (Phi) is 5.83. The van der Waals surface area contributed by atoms with Crippen LogP contribution < -0.4 is 10.5 Å². The van der Waals surface area contributed by atoms with Crippen molar-refractivity contribution < 1.29 is 14.3 Å². The minimum atomic E-state index is -0.711. The highest BCUT2D eigenvalue weighted by Gasteiger charge is 2.42. The van der Waals surface area contributed by atoms with E-state index in [9.17, 15) is 9.59 Å². The molecule has 2 N–H and O–H groups in total. The van der Waals surface area contributed by atoms with Crippen LogP contribution in [0.25, 0.3) is 11.1 Å². The molecule has 1 saturated heterocycles. The maximum Gasteiger partial charge on any atom is 0.263 e. The number of nitrogens with zero attached hydrogens (tertiary/aromatic N) is 1. The molecule has 3 aromatic rings. The van der Waals surface area contributed by atoms with Gasteiger partial charge in [-0.25, -0.2) is 0 Å². The Morgan fingerprint density at radius 2 is 1.68 bits per heavy atom. The highest BCUT2D eigenvalue weighted by molar-refractivity contribution is 7.14. The van der Waals surface area contributed by atoms with Gasteiger partial charge in [0.15, 0.2) is 0 Å². The maximum absolute atomic E-state index is 13.2. The molecular formula is C25H26N2O3S. The lowest BCUT2D eigenvalue weighted by molar-refractivity contribution is -0.125. The summed E-state index contributed by atoms with van der Waals surface area (Å²) in [6, 6.07) is 19.5. The molecule has 0 bridgehead atoms. The van der Waals surface area contributed by atoms with Crippen molar-refractivity contribution in [2.24, 2.45) is 5.73 Å². The summed E-state index contributed by atoms with van der Waals surface area (Å²) in [4.78, 5) is 29.3. The smallest absolute Gasteiger partial charge is 0.263 e. The monoisotopic (exact) mass is 434 g/mol. The summed E-state index contributed by atoms with van der Waals surface area (Å²) >= 11 is 1.51. The number of carbonyl (C=O) groups is 2. The van der Waals surface area contributed by atoms with Gasteiger partial charge in [0, 0.05) is 18.0 Å². The lowest BCUT2D eigenvalue weighted by atomic mass is 9.72. The summed E-state index contributed by atoms with van der Waals surface area (Å²) in [6.07, 6.45) is 1.07. The van der Waals surface area contributed by atoms with Gasteiger partial charge in [-0.1, -0.05) is 42.5 Å². The Morgan fingerprint density at radius 1 is 1.03 bits per heavy atom. The first-order valence-corrected chi connectivity index (χ1v) is 11.2. The number of hydrogen-bond donors (Lipinski definition) is 1. The lowest BCUT2D eigenvalue weighted by Crippen LogP contribution is -2.51. The maximum atomic E-state index is 13.2. The van der Waals surface area contributed by atoms with Crippen molar-refractivity contribution in [2.45, 2.75) is 25.2 Å². The van der Waals surface area contributed by atoms with Crippen LogP contribution in [0.15, 0.2) is 60.7 Å². The zero-order valence-electron chi connectivity index (χ0n) is 17.8. The Morgan fingerprint density at radius 3 is 2.26 bits per heavy atom. The van der Waals surface area contributed by atoms with Gasteiger partial charge in [0.05, 0.1) is 17.4 Å². The van der Waals surface area contributed by atoms with Gasteiger partial charge in [-0.2, -0.15) is 0 Å². The van der Waals surface area contributed by atoms with Gasteiger partial charge in [-0.15, -0.1) is 11.3 Å². The molecule has 6 heteroatoms. The highest BCUT2D eigenvalue weighted by atomic mass is 32.1. The Labute approximate surface area is 186 Å². The molecule has 0 saturated carbocycles. The minimum absolute atomic E-state index is 0.0130. The van der Waals surface area contributed by atoms with Crippen LogP contribution >= 0.6 is 11.3 Å². The predicted molar refractivity (Wildman–Crippen MR) is 123 cm³/mol.